The quantitative estimate of drug-likeness (QED) is 0.768. The van der Waals surface area contributed by atoms with Gasteiger partial charge in [-0.3, -0.25) is 9.59 Å². The number of hydrogen-bond donors (Lipinski definition) is 0. The summed E-state index contributed by atoms with van der Waals surface area (Å²) in [5.41, 5.74) is 1.47. The molecule has 0 aliphatic heterocycles. The van der Waals surface area contributed by atoms with Gasteiger partial charge in [-0.15, -0.1) is 0 Å². The Morgan fingerprint density at radius 3 is 1.40 bits per heavy atom. The standard InChI is InChI=1S/C13H10O.C5H8O/c14-13(11-7-3-1-4-8-11)12-9-5-2-6-10-12;6-5-3-1-2-4-5/h1-10H;1-4H2. The molecule has 0 heterocycles. The molecule has 20 heavy (non-hydrogen) atoms. The Kier molecular flexibility index (Phi) is 5.24. The van der Waals surface area contributed by atoms with Crippen LogP contribution in [-0.4, -0.2) is 11.6 Å². The van der Waals surface area contributed by atoms with Crippen molar-refractivity contribution in [3.8, 4) is 0 Å². The van der Waals surface area contributed by atoms with Crippen LogP contribution in [0.15, 0.2) is 60.7 Å². The highest BCUT2D eigenvalue weighted by molar-refractivity contribution is 6.08. The Balaban J connectivity index is 0.000000205. The number of carbonyl (C=O) groups excluding carboxylic acids is 2. The normalized spacial score (nSPS) is 13.5. The summed E-state index contributed by atoms with van der Waals surface area (Å²) in [4.78, 5) is 22.1. The summed E-state index contributed by atoms with van der Waals surface area (Å²) < 4.78 is 0. The van der Waals surface area contributed by atoms with Crippen molar-refractivity contribution in [3.05, 3.63) is 71.8 Å². The first-order valence-corrected chi connectivity index (χ1v) is 6.94. The lowest BCUT2D eigenvalue weighted by Gasteiger charge is -1.99. The van der Waals surface area contributed by atoms with E-state index in [-0.39, 0.29) is 5.78 Å². The predicted molar refractivity (Wildman–Crippen MR) is 79.8 cm³/mol. The lowest BCUT2D eigenvalue weighted by atomic mass is 10.0. The van der Waals surface area contributed by atoms with Crippen LogP contribution >= 0.6 is 0 Å². The molecule has 2 heteroatoms. The molecule has 0 saturated heterocycles. The van der Waals surface area contributed by atoms with Crippen molar-refractivity contribution in [3.63, 3.8) is 0 Å². The molecule has 0 aromatic heterocycles. The Bertz CT molecular complexity index is 509. The molecular formula is C18H18O2. The minimum Gasteiger partial charge on any atom is -0.300 e. The third-order valence-corrected chi connectivity index (χ3v) is 3.23. The van der Waals surface area contributed by atoms with Gasteiger partial charge in [0.05, 0.1) is 0 Å². The number of rotatable bonds is 2. The maximum absolute atomic E-state index is 11.8. The SMILES string of the molecule is O=C(c1ccccc1)c1ccccc1.O=C1CCCC1. The maximum atomic E-state index is 11.8. The summed E-state index contributed by atoms with van der Waals surface area (Å²) in [6, 6.07) is 18.6. The molecule has 1 saturated carbocycles. The van der Waals surface area contributed by atoms with Crippen molar-refractivity contribution in [2.75, 3.05) is 0 Å². The van der Waals surface area contributed by atoms with E-state index in [1.807, 2.05) is 60.7 Å². The highest BCUT2D eigenvalue weighted by Gasteiger charge is 2.07. The van der Waals surface area contributed by atoms with E-state index in [0.717, 1.165) is 36.8 Å². The molecule has 2 aromatic carbocycles. The lowest BCUT2D eigenvalue weighted by Crippen LogP contribution is -1.99. The molecule has 0 amide bonds. The van der Waals surface area contributed by atoms with E-state index in [0.29, 0.717) is 5.78 Å². The van der Waals surface area contributed by atoms with Gasteiger partial charge in [-0.25, -0.2) is 0 Å². The highest BCUT2D eigenvalue weighted by Crippen LogP contribution is 2.11. The van der Waals surface area contributed by atoms with Crippen LogP contribution in [0.25, 0.3) is 0 Å². The smallest absolute Gasteiger partial charge is 0.193 e. The molecular weight excluding hydrogens is 248 g/mol. The number of hydrogen-bond acceptors (Lipinski definition) is 2. The summed E-state index contributed by atoms with van der Waals surface area (Å²) in [6.45, 7) is 0. The van der Waals surface area contributed by atoms with E-state index < -0.39 is 0 Å². The van der Waals surface area contributed by atoms with Gasteiger partial charge >= 0.3 is 0 Å². The van der Waals surface area contributed by atoms with Crippen LogP contribution in [0.3, 0.4) is 0 Å². The zero-order valence-corrected chi connectivity index (χ0v) is 11.4. The van der Waals surface area contributed by atoms with Gasteiger partial charge in [-0.1, -0.05) is 60.7 Å². The van der Waals surface area contributed by atoms with Gasteiger partial charge in [0.25, 0.3) is 0 Å². The third-order valence-electron chi connectivity index (χ3n) is 3.23. The monoisotopic (exact) mass is 266 g/mol. The van der Waals surface area contributed by atoms with E-state index in [9.17, 15) is 9.59 Å². The summed E-state index contributed by atoms with van der Waals surface area (Å²) >= 11 is 0. The zero-order chi connectivity index (χ0) is 14.2. The van der Waals surface area contributed by atoms with Gasteiger partial charge in [0.15, 0.2) is 5.78 Å². The first kappa shape index (κ1) is 14.2. The van der Waals surface area contributed by atoms with E-state index in [4.69, 9.17) is 0 Å². The van der Waals surface area contributed by atoms with Crippen LogP contribution in [0.4, 0.5) is 0 Å². The Hall–Kier alpha value is -2.22. The van der Waals surface area contributed by atoms with Crippen molar-refractivity contribution in [1.82, 2.24) is 0 Å². The van der Waals surface area contributed by atoms with E-state index in [2.05, 4.69) is 0 Å². The molecule has 1 fully saturated rings. The molecule has 2 aromatic rings. The van der Waals surface area contributed by atoms with E-state index >= 15 is 0 Å². The average Bonchev–Trinajstić information content (AvgIpc) is 3.00. The number of Topliss-reactive ketones (excluding diaryl/α,β-unsaturated/α-hetero) is 1. The number of ketones is 2. The minimum absolute atomic E-state index is 0.0752. The van der Waals surface area contributed by atoms with E-state index in [1.165, 1.54) is 0 Å². The summed E-state index contributed by atoms with van der Waals surface area (Å²) in [6.07, 6.45) is 3.97. The predicted octanol–water partition coefficient (Wildman–Crippen LogP) is 4.05. The molecule has 3 rings (SSSR count). The fourth-order valence-electron chi connectivity index (χ4n) is 2.12. The van der Waals surface area contributed by atoms with Crippen LogP contribution in [0, 0.1) is 0 Å². The van der Waals surface area contributed by atoms with Crippen LogP contribution in [0.2, 0.25) is 0 Å². The van der Waals surface area contributed by atoms with Gasteiger partial charge in [0, 0.05) is 24.0 Å². The van der Waals surface area contributed by atoms with Crippen LogP contribution in [-0.2, 0) is 4.79 Å². The molecule has 0 N–H and O–H groups in total. The van der Waals surface area contributed by atoms with Crippen LogP contribution in [0.1, 0.15) is 41.6 Å². The Morgan fingerprint density at radius 1 is 0.700 bits per heavy atom. The Labute approximate surface area is 119 Å². The van der Waals surface area contributed by atoms with Crippen molar-refractivity contribution in [2.45, 2.75) is 25.7 Å². The van der Waals surface area contributed by atoms with Crippen molar-refractivity contribution in [1.29, 1.82) is 0 Å². The van der Waals surface area contributed by atoms with Crippen molar-refractivity contribution >= 4 is 11.6 Å². The molecule has 2 nitrogen and oxygen atoms in total. The van der Waals surface area contributed by atoms with Gasteiger partial charge in [-0.2, -0.15) is 0 Å². The highest BCUT2D eigenvalue weighted by atomic mass is 16.1. The van der Waals surface area contributed by atoms with Crippen LogP contribution < -0.4 is 0 Å². The van der Waals surface area contributed by atoms with Gasteiger partial charge in [0.1, 0.15) is 5.78 Å². The summed E-state index contributed by atoms with van der Waals surface area (Å²) in [7, 11) is 0. The fraction of sp³-hybridized carbons (Fsp3) is 0.222. The maximum Gasteiger partial charge on any atom is 0.193 e. The zero-order valence-electron chi connectivity index (χ0n) is 11.4. The fourth-order valence-corrected chi connectivity index (χ4v) is 2.12. The molecule has 0 radical (unpaired) electrons. The third kappa shape index (κ3) is 4.16. The molecule has 102 valence electrons. The summed E-state index contributed by atoms with van der Waals surface area (Å²) in [5, 5.41) is 0. The van der Waals surface area contributed by atoms with Gasteiger partial charge in [0.2, 0.25) is 0 Å². The van der Waals surface area contributed by atoms with Crippen molar-refractivity contribution < 1.29 is 9.59 Å². The first-order chi connectivity index (χ1) is 9.77. The number of carbonyl (C=O) groups is 2. The van der Waals surface area contributed by atoms with E-state index in [1.54, 1.807) is 0 Å². The summed E-state index contributed by atoms with van der Waals surface area (Å²) in [5.74, 6) is 0.529. The largest absolute Gasteiger partial charge is 0.300 e. The van der Waals surface area contributed by atoms with Gasteiger partial charge < -0.3 is 0 Å². The number of benzene rings is 2. The average molecular weight is 266 g/mol. The Morgan fingerprint density at radius 2 is 1.10 bits per heavy atom. The van der Waals surface area contributed by atoms with Crippen LogP contribution in [0.5, 0.6) is 0 Å². The molecule has 1 aliphatic carbocycles. The topological polar surface area (TPSA) is 34.1 Å². The van der Waals surface area contributed by atoms with Gasteiger partial charge in [-0.05, 0) is 12.8 Å². The van der Waals surface area contributed by atoms with Crippen molar-refractivity contribution in [2.24, 2.45) is 0 Å². The molecule has 0 bridgehead atoms. The molecule has 1 aliphatic rings. The second kappa shape index (κ2) is 7.39. The minimum atomic E-state index is 0.0752. The molecule has 0 unspecified atom stereocenters. The second-order valence-electron chi connectivity index (χ2n) is 4.81. The molecule has 0 spiro atoms. The lowest BCUT2D eigenvalue weighted by molar-refractivity contribution is -0.117. The first-order valence-electron chi connectivity index (χ1n) is 6.94. The molecule has 0 atom stereocenters. The second-order valence-corrected chi connectivity index (χ2v) is 4.81.